The number of nitrogens with one attached hydrogen (secondary N) is 2. The van der Waals surface area contributed by atoms with E-state index in [0.29, 0.717) is 11.7 Å². The van der Waals surface area contributed by atoms with Crippen LogP contribution < -0.4 is 10.6 Å². The number of aromatic nitrogens is 1. The van der Waals surface area contributed by atoms with Crippen LogP contribution in [0.15, 0.2) is 18.3 Å². The van der Waals surface area contributed by atoms with Crippen LogP contribution in [0.1, 0.15) is 43.1 Å². The predicted octanol–water partition coefficient (Wildman–Crippen LogP) is 1.87. The van der Waals surface area contributed by atoms with Gasteiger partial charge in [0, 0.05) is 25.2 Å². The molecular formula is C16H24N4O. The van der Waals surface area contributed by atoms with Crippen molar-refractivity contribution in [3.05, 3.63) is 24.0 Å². The molecule has 2 fully saturated rings. The minimum atomic E-state index is -0.0459. The van der Waals surface area contributed by atoms with Gasteiger partial charge in [0.05, 0.1) is 11.9 Å². The van der Waals surface area contributed by atoms with Crippen molar-refractivity contribution in [3.8, 4) is 0 Å². The van der Waals surface area contributed by atoms with Crippen molar-refractivity contribution in [2.45, 2.75) is 44.7 Å². The van der Waals surface area contributed by atoms with E-state index in [-0.39, 0.29) is 11.9 Å². The lowest BCUT2D eigenvalue weighted by molar-refractivity contribution is 0.0910. The fourth-order valence-corrected chi connectivity index (χ4v) is 3.49. The first-order chi connectivity index (χ1) is 10.3. The van der Waals surface area contributed by atoms with Crippen LogP contribution in [0.2, 0.25) is 0 Å². The molecule has 3 heterocycles. The number of amides is 1. The summed E-state index contributed by atoms with van der Waals surface area (Å²) < 4.78 is 0. The Morgan fingerprint density at radius 3 is 3.00 bits per heavy atom. The van der Waals surface area contributed by atoms with Gasteiger partial charge in [0.15, 0.2) is 0 Å². The van der Waals surface area contributed by atoms with Crippen LogP contribution in [-0.2, 0) is 0 Å². The average Bonchev–Trinajstić information content (AvgIpc) is 2.92. The summed E-state index contributed by atoms with van der Waals surface area (Å²) in [4.78, 5) is 19.1. The largest absolute Gasteiger partial charge is 0.384 e. The highest BCUT2D eigenvalue weighted by Gasteiger charge is 2.36. The zero-order valence-corrected chi connectivity index (χ0v) is 12.6. The molecule has 2 atom stereocenters. The van der Waals surface area contributed by atoms with Crippen molar-refractivity contribution >= 4 is 11.6 Å². The Morgan fingerprint density at radius 2 is 2.24 bits per heavy atom. The van der Waals surface area contributed by atoms with E-state index in [0.717, 1.165) is 25.2 Å². The number of fused-ring (bicyclic) bond motifs is 1. The fraction of sp³-hybridized carbons (Fsp3) is 0.625. The number of pyridine rings is 1. The minimum Gasteiger partial charge on any atom is -0.384 e. The fourth-order valence-electron chi connectivity index (χ4n) is 3.49. The Bertz CT molecular complexity index is 488. The van der Waals surface area contributed by atoms with Gasteiger partial charge in [0.2, 0.25) is 0 Å². The van der Waals surface area contributed by atoms with Crippen LogP contribution >= 0.6 is 0 Å². The van der Waals surface area contributed by atoms with Gasteiger partial charge in [-0.05, 0) is 44.9 Å². The SMILES string of the molecule is CCNc1ccc(C(=O)NC2CCN3CCCCC23)nc1. The molecule has 0 spiro atoms. The van der Waals surface area contributed by atoms with E-state index in [9.17, 15) is 4.79 Å². The molecule has 2 N–H and O–H groups in total. The van der Waals surface area contributed by atoms with Gasteiger partial charge in [0.25, 0.3) is 5.91 Å². The van der Waals surface area contributed by atoms with E-state index in [2.05, 4.69) is 20.5 Å². The maximum absolute atomic E-state index is 12.3. The minimum absolute atomic E-state index is 0.0459. The monoisotopic (exact) mass is 288 g/mol. The molecule has 0 aromatic carbocycles. The van der Waals surface area contributed by atoms with Crippen molar-refractivity contribution in [1.82, 2.24) is 15.2 Å². The van der Waals surface area contributed by atoms with E-state index in [1.807, 2.05) is 13.0 Å². The van der Waals surface area contributed by atoms with E-state index in [4.69, 9.17) is 0 Å². The van der Waals surface area contributed by atoms with E-state index in [1.165, 1.54) is 25.8 Å². The molecule has 0 aliphatic carbocycles. The molecule has 2 aliphatic rings. The predicted molar refractivity (Wildman–Crippen MR) is 83.5 cm³/mol. The number of carbonyl (C=O) groups excluding carboxylic acids is 1. The number of anilines is 1. The molecular weight excluding hydrogens is 264 g/mol. The Labute approximate surface area is 126 Å². The van der Waals surface area contributed by atoms with Gasteiger partial charge in [-0.25, -0.2) is 4.98 Å². The third kappa shape index (κ3) is 3.18. The van der Waals surface area contributed by atoms with E-state index < -0.39 is 0 Å². The quantitative estimate of drug-likeness (QED) is 0.888. The van der Waals surface area contributed by atoms with Gasteiger partial charge in [0.1, 0.15) is 5.69 Å². The number of rotatable bonds is 4. The number of nitrogens with zero attached hydrogens (tertiary/aromatic N) is 2. The smallest absolute Gasteiger partial charge is 0.270 e. The van der Waals surface area contributed by atoms with E-state index >= 15 is 0 Å². The normalized spacial score (nSPS) is 25.4. The lowest BCUT2D eigenvalue weighted by Crippen LogP contribution is -2.46. The summed E-state index contributed by atoms with van der Waals surface area (Å²) in [5, 5.41) is 6.37. The molecule has 1 aromatic heterocycles. The molecule has 0 bridgehead atoms. The molecule has 5 nitrogen and oxygen atoms in total. The third-order valence-corrected chi connectivity index (χ3v) is 4.55. The van der Waals surface area contributed by atoms with Crippen LogP contribution in [-0.4, -0.2) is 47.5 Å². The topological polar surface area (TPSA) is 57.3 Å². The number of carbonyl (C=O) groups is 1. The Balaban J connectivity index is 1.60. The number of hydrogen-bond donors (Lipinski definition) is 2. The zero-order chi connectivity index (χ0) is 14.7. The average molecular weight is 288 g/mol. The zero-order valence-electron chi connectivity index (χ0n) is 12.6. The maximum atomic E-state index is 12.3. The second-order valence-corrected chi connectivity index (χ2v) is 5.93. The lowest BCUT2D eigenvalue weighted by atomic mass is 9.99. The second kappa shape index (κ2) is 6.43. The first-order valence-electron chi connectivity index (χ1n) is 8.03. The Kier molecular flexibility index (Phi) is 4.39. The second-order valence-electron chi connectivity index (χ2n) is 5.93. The highest BCUT2D eigenvalue weighted by molar-refractivity contribution is 5.92. The molecule has 0 saturated carbocycles. The van der Waals surface area contributed by atoms with Gasteiger partial charge in [-0.2, -0.15) is 0 Å². The molecule has 114 valence electrons. The van der Waals surface area contributed by atoms with Crippen molar-refractivity contribution in [2.24, 2.45) is 0 Å². The van der Waals surface area contributed by atoms with Crippen molar-refractivity contribution in [1.29, 1.82) is 0 Å². The van der Waals surface area contributed by atoms with Crippen LogP contribution in [0, 0.1) is 0 Å². The molecule has 3 rings (SSSR count). The Hall–Kier alpha value is -1.62. The Morgan fingerprint density at radius 1 is 1.33 bits per heavy atom. The summed E-state index contributed by atoms with van der Waals surface area (Å²) in [6.45, 7) is 5.19. The lowest BCUT2D eigenvalue weighted by Gasteiger charge is -2.32. The highest BCUT2D eigenvalue weighted by Crippen LogP contribution is 2.27. The summed E-state index contributed by atoms with van der Waals surface area (Å²) in [6, 6.07) is 4.52. The molecule has 2 unspecified atom stereocenters. The van der Waals surface area contributed by atoms with Crippen LogP contribution in [0.25, 0.3) is 0 Å². The standard InChI is InChI=1S/C16H24N4O/c1-2-17-12-6-7-14(18-11-12)16(21)19-13-8-10-20-9-4-3-5-15(13)20/h6-7,11,13,15,17H,2-5,8-10H2,1H3,(H,19,21). The van der Waals surface area contributed by atoms with Crippen LogP contribution in [0.5, 0.6) is 0 Å². The van der Waals surface area contributed by atoms with Gasteiger partial charge < -0.3 is 10.6 Å². The van der Waals surface area contributed by atoms with Gasteiger partial charge >= 0.3 is 0 Å². The van der Waals surface area contributed by atoms with Gasteiger partial charge in [-0.1, -0.05) is 6.42 Å². The van der Waals surface area contributed by atoms with Crippen LogP contribution in [0.4, 0.5) is 5.69 Å². The van der Waals surface area contributed by atoms with Gasteiger partial charge in [-0.15, -0.1) is 0 Å². The summed E-state index contributed by atoms with van der Waals surface area (Å²) in [5.74, 6) is -0.0459. The molecule has 5 heteroatoms. The van der Waals surface area contributed by atoms with Gasteiger partial charge in [-0.3, -0.25) is 9.69 Å². The van der Waals surface area contributed by atoms with Crippen molar-refractivity contribution in [3.63, 3.8) is 0 Å². The molecule has 2 aliphatic heterocycles. The van der Waals surface area contributed by atoms with E-state index in [1.54, 1.807) is 12.3 Å². The maximum Gasteiger partial charge on any atom is 0.270 e. The summed E-state index contributed by atoms with van der Waals surface area (Å²) in [6.07, 6.45) is 6.57. The molecule has 21 heavy (non-hydrogen) atoms. The summed E-state index contributed by atoms with van der Waals surface area (Å²) >= 11 is 0. The van der Waals surface area contributed by atoms with Crippen molar-refractivity contribution in [2.75, 3.05) is 25.0 Å². The number of hydrogen-bond acceptors (Lipinski definition) is 4. The molecule has 0 radical (unpaired) electrons. The molecule has 2 saturated heterocycles. The summed E-state index contributed by atoms with van der Waals surface area (Å²) in [7, 11) is 0. The third-order valence-electron chi connectivity index (χ3n) is 4.55. The summed E-state index contributed by atoms with van der Waals surface area (Å²) in [5.41, 5.74) is 1.46. The van der Waals surface area contributed by atoms with Crippen LogP contribution in [0.3, 0.4) is 0 Å². The first-order valence-corrected chi connectivity index (χ1v) is 8.03. The number of piperidine rings is 1. The molecule has 1 amide bonds. The molecule has 1 aromatic rings. The van der Waals surface area contributed by atoms with Crippen molar-refractivity contribution < 1.29 is 4.79 Å². The highest BCUT2D eigenvalue weighted by atomic mass is 16.2. The first kappa shape index (κ1) is 14.3.